The Morgan fingerprint density at radius 2 is 0.444 bits per heavy atom. The van der Waals surface area contributed by atoms with E-state index in [0.717, 1.165) is 26.4 Å². The molecule has 520 valence electrons. The summed E-state index contributed by atoms with van der Waals surface area (Å²) in [5.74, 6) is 5.65. The summed E-state index contributed by atoms with van der Waals surface area (Å²) < 4.78 is 9.89. The quantitative estimate of drug-likeness (QED) is 0.0518. The van der Waals surface area contributed by atoms with Gasteiger partial charge in [-0.1, -0.05) is 265 Å². The first-order chi connectivity index (χ1) is 40.8. The summed E-state index contributed by atoms with van der Waals surface area (Å²) >= 11 is 0. The minimum Gasteiger partial charge on any atom is -0.651 e. The molecule has 0 spiro atoms. The van der Waals surface area contributed by atoms with Gasteiger partial charge in [-0.2, -0.15) is 0 Å². The van der Waals surface area contributed by atoms with Crippen molar-refractivity contribution in [1.29, 1.82) is 0 Å². The summed E-state index contributed by atoms with van der Waals surface area (Å²) in [4.78, 5) is 0. The van der Waals surface area contributed by atoms with Gasteiger partial charge in [-0.15, -0.1) is 0 Å². The van der Waals surface area contributed by atoms with E-state index in [-0.39, 0.29) is 55.8 Å². The van der Waals surface area contributed by atoms with Gasteiger partial charge in [0, 0.05) is 58.1 Å². The second kappa shape index (κ2) is 41.4. The van der Waals surface area contributed by atoms with Crippen LogP contribution in [0.4, 0.5) is 22.7 Å². The molecule has 2 fully saturated rings. The normalized spacial score (nSPS) is 14.0. The first-order valence-corrected chi connectivity index (χ1v) is 43.0. The fraction of sp³-hybridized carbons (Fsp3) is 0.700. The molecule has 4 aromatic rings. The number of hydrogen-bond acceptors (Lipinski definition) is 2. The van der Waals surface area contributed by atoms with E-state index in [9.17, 15) is 0 Å². The van der Waals surface area contributed by atoms with Crippen molar-refractivity contribution < 1.29 is 43.6 Å². The van der Waals surface area contributed by atoms with E-state index >= 15 is 0 Å². The average molecular weight is 1410 g/mol. The third kappa shape index (κ3) is 32.5. The van der Waals surface area contributed by atoms with Crippen LogP contribution in [0.1, 0.15) is 242 Å². The number of rotatable bonds is 24. The fourth-order valence-electron chi connectivity index (χ4n) is 12.0. The summed E-state index contributed by atoms with van der Waals surface area (Å²) in [7, 11) is -2.95. The maximum absolute atomic E-state index is 5.61. The van der Waals surface area contributed by atoms with Gasteiger partial charge < -0.3 is 20.1 Å². The van der Waals surface area contributed by atoms with E-state index in [0.29, 0.717) is 47.3 Å². The third-order valence-corrected chi connectivity index (χ3v) is 31.5. The zero-order valence-corrected chi connectivity index (χ0v) is 69.1. The minimum absolute atomic E-state index is 0. The molecular weight excluding hydrogens is 1270 g/mol. The molecule has 10 heteroatoms. The second-order valence-corrected chi connectivity index (χ2v) is 44.2. The molecule has 0 unspecified atom stereocenters. The predicted molar refractivity (Wildman–Crippen MR) is 415 cm³/mol. The molecule has 2 aliphatic rings. The van der Waals surface area contributed by atoms with Crippen LogP contribution in [0.5, 0.6) is 0 Å². The zero-order chi connectivity index (χ0) is 66.5. The van der Waals surface area contributed by atoms with Crippen LogP contribution in [0.15, 0.2) is 72.8 Å². The molecule has 0 aliphatic carbocycles. The third-order valence-electron chi connectivity index (χ3n) is 16.3. The minimum atomic E-state index is -0.738. The van der Waals surface area contributed by atoms with Gasteiger partial charge in [0.15, 0.2) is 0 Å². The van der Waals surface area contributed by atoms with Crippen LogP contribution in [0, 0.1) is 47.3 Å². The van der Waals surface area contributed by atoms with Crippen LogP contribution < -0.4 is 21.2 Å². The monoisotopic (exact) mass is 1410 g/mol. The van der Waals surface area contributed by atoms with Crippen molar-refractivity contribution in [3.05, 3.63) is 106 Å². The molecule has 0 N–H and O–H groups in total. The van der Waals surface area contributed by atoms with Crippen LogP contribution in [0.3, 0.4) is 0 Å². The van der Waals surface area contributed by atoms with Crippen molar-refractivity contribution in [3.63, 3.8) is 0 Å². The molecule has 0 aromatic heterocycles. The maximum atomic E-state index is 5.61. The number of benzene rings is 4. The van der Waals surface area contributed by atoms with Crippen LogP contribution in [-0.2, 0) is 65.3 Å². The van der Waals surface area contributed by atoms with Gasteiger partial charge in [-0.3, -0.25) is 0 Å². The van der Waals surface area contributed by atoms with Crippen LogP contribution >= 0.6 is 31.7 Å². The average Bonchev–Trinajstić information content (AvgIpc) is 1.04. The molecule has 0 saturated carbocycles. The molecule has 0 amide bonds. The summed E-state index contributed by atoms with van der Waals surface area (Å²) in [6.07, 6.45) is 15.6. The molecule has 2 aliphatic heterocycles. The number of hydrogen-bond donors (Lipinski definition) is 0. The largest absolute Gasteiger partial charge is 1.00 e. The second-order valence-electron chi connectivity index (χ2n) is 34.0. The van der Waals surface area contributed by atoms with Crippen molar-refractivity contribution >= 4 is 75.7 Å². The van der Waals surface area contributed by atoms with Crippen molar-refractivity contribution in [2.24, 2.45) is 47.3 Å². The Morgan fingerprint density at radius 3 is 0.556 bits per heavy atom. The predicted octanol–water partition coefficient (Wildman–Crippen LogP) is 23.4. The van der Waals surface area contributed by atoms with E-state index in [2.05, 4.69) is 267 Å². The van der Waals surface area contributed by atoms with Crippen molar-refractivity contribution in [1.82, 2.24) is 0 Å². The van der Waals surface area contributed by atoms with Gasteiger partial charge in [0.2, 0.25) is 0 Å². The van der Waals surface area contributed by atoms with Gasteiger partial charge in [0.1, 0.15) is 0 Å². The van der Waals surface area contributed by atoms with Crippen LogP contribution in [0.2, 0.25) is 0 Å². The Balaban J connectivity index is 0.000000759. The molecule has 6 rings (SSSR count). The van der Waals surface area contributed by atoms with Gasteiger partial charge >= 0.3 is 34.1 Å². The number of nitrogens with zero attached hydrogens (tertiary/aromatic N) is 2. The first-order valence-electron chi connectivity index (χ1n) is 35.3. The van der Waals surface area contributed by atoms with E-state index in [1.54, 1.807) is 21.2 Å². The van der Waals surface area contributed by atoms with Gasteiger partial charge in [-0.25, -0.2) is 0 Å². The Labute approximate surface area is 585 Å². The van der Waals surface area contributed by atoms with Crippen molar-refractivity contribution in [3.8, 4) is 0 Å². The molecule has 4 aromatic carbocycles. The fourth-order valence-corrected chi connectivity index (χ4v) is 25.7. The van der Waals surface area contributed by atoms with Crippen LogP contribution in [-0.4, -0.2) is 75.7 Å². The Hall–Kier alpha value is -0.841. The van der Waals surface area contributed by atoms with E-state index < -0.39 is 31.7 Å². The Bertz CT molecular complexity index is 2210. The van der Waals surface area contributed by atoms with E-state index in [1.807, 2.05) is 0 Å². The smallest absolute Gasteiger partial charge is 0.651 e. The summed E-state index contributed by atoms with van der Waals surface area (Å²) in [5.41, 5.74) is 11.3. The maximum Gasteiger partial charge on any atom is 1.00 e. The van der Waals surface area contributed by atoms with Gasteiger partial charge in [-0.05, 0) is 141 Å². The SMILES string of the molecule is C1CCOC1.C1CCOC1.CC(C)C[PH+](CC(C)C)c1cc(C(C)(C)C)ccc1[N-]c1ccc(C(C)(C)C)cc1[PH+](CC(C)C)CC(C)C.CC(C)C[PH+](CC(C)C)c1cc(C(C)(C)C)ccc1[N-]c1ccc(C(C)(C)C)cc1[PH+](CC(C)C)CC(C)C.[Cu+].[Cu+]. The topological polar surface area (TPSA) is 46.7 Å². The molecule has 0 bridgehead atoms. The molecule has 4 nitrogen and oxygen atoms in total. The Morgan fingerprint density at radius 1 is 0.289 bits per heavy atom. The summed E-state index contributed by atoms with van der Waals surface area (Å²) in [5, 5.41) is 17.4. The Kier molecular flexibility index (Phi) is 40.1. The van der Waals surface area contributed by atoms with Crippen molar-refractivity contribution in [2.75, 3.05) is 75.7 Å². The summed E-state index contributed by atoms with van der Waals surface area (Å²) in [6.45, 7) is 70.4. The van der Waals surface area contributed by atoms with Gasteiger partial charge in [0.25, 0.3) is 0 Å². The van der Waals surface area contributed by atoms with Crippen LogP contribution in [0.25, 0.3) is 10.6 Å². The zero-order valence-electron chi connectivity index (χ0n) is 63.2. The van der Waals surface area contributed by atoms with Crippen molar-refractivity contribution in [2.45, 2.75) is 241 Å². The first kappa shape index (κ1) is 87.2. The molecule has 0 radical (unpaired) electrons. The molecular formula is C80H140Cu2N2O2P4+4. The molecule has 90 heavy (non-hydrogen) atoms. The molecule has 2 saturated heterocycles. The molecule has 0 atom stereocenters. The van der Waals surface area contributed by atoms with Gasteiger partial charge in [0.05, 0.1) is 70.5 Å². The van der Waals surface area contributed by atoms with E-state index in [4.69, 9.17) is 20.1 Å². The molecule has 2 heterocycles. The summed E-state index contributed by atoms with van der Waals surface area (Å²) in [6, 6.07) is 29.1. The van der Waals surface area contributed by atoms with E-state index in [1.165, 1.54) is 120 Å². The number of ether oxygens (including phenoxy) is 2. The standard InChI is InChI=1S/2C36H60NP2.2C4H8O.2Cu/c2*1-25(2)21-38(22-26(3)4)33-19-29(35(9,10)11)15-17-31(33)37-32-18-16-30(36(12,13)14)20-34(32)39(23-27(5)6)24-28(7)8;2*1-2-4-5-3-1;;/h2*15-20,25-28H,21-24H2,1-14H3;2*1-4H2;;/q2*-1;;;2*+1/p+4.